The van der Waals surface area contributed by atoms with Crippen LogP contribution >= 0.6 is 0 Å². The van der Waals surface area contributed by atoms with Crippen LogP contribution in [0.5, 0.6) is 0 Å². The molecule has 1 unspecified atom stereocenters. The maximum Gasteiger partial charge on any atom is 0.274 e. The van der Waals surface area contributed by atoms with Crippen molar-refractivity contribution in [2.45, 2.75) is 19.5 Å². The fourth-order valence-electron chi connectivity index (χ4n) is 2.25. The summed E-state index contributed by atoms with van der Waals surface area (Å²) in [5.74, 6) is -0.461. The first-order valence-corrected chi connectivity index (χ1v) is 7.05. The number of hydrogen-bond acceptors (Lipinski definition) is 5. The summed E-state index contributed by atoms with van der Waals surface area (Å²) in [4.78, 5) is 30.2. The van der Waals surface area contributed by atoms with E-state index in [1.807, 2.05) is 6.92 Å². The Balaban J connectivity index is 2.12. The Hall–Kier alpha value is -1.93. The first kappa shape index (κ1) is 15.5. The fraction of sp³-hybridized carbons (Fsp3) is 0.615. The third-order valence-corrected chi connectivity index (χ3v) is 3.28. The van der Waals surface area contributed by atoms with E-state index in [2.05, 4.69) is 10.3 Å². The van der Waals surface area contributed by atoms with Crippen molar-refractivity contribution in [1.82, 2.24) is 19.8 Å². The van der Waals surface area contributed by atoms with Crippen LogP contribution in [0.4, 0.5) is 0 Å². The van der Waals surface area contributed by atoms with Crippen LogP contribution < -0.4 is 11.1 Å². The number of hydrogen-bond donors (Lipinski definition) is 2. The van der Waals surface area contributed by atoms with Crippen LogP contribution in [-0.2, 0) is 16.1 Å². The second-order valence-electron chi connectivity index (χ2n) is 4.77. The molecule has 0 aliphatic carbocycles. The third kappa shape index (κ3) is 3.59. The predicted octanol–water partition coefficient (Wildman–Crippen LogP) is -1.18. The van der Waals surface area contributed by atoms with Gasteiger partial charge in [0.2, 0.25) is 5.91 Å². The van der Waals surface area contributed by atoms with Gasteiger partial charge < -0.3 is 25.3 Å². The lowest BCUT2D eigenvalue weighted by Crippen LogP contribution is -2.55. The van der Waals surface area contributed by atoms with Crippen LogP contribution in [0.3, 0.4) is 0 Å². The third-order valence-electron chi connectivity index (χ3n) is 3.28. The minimum absolute atomic E-state index is 0.202. The molecule has 1 aromatic heterocycles. The van der Waals surface area contributed by atoms with Crippen LogP contribution in [0, 0.1) is 0 Å². The number of rotatable bonds is 5. The second kappa shape index (κ2) is 7.19. The van der Waals surface area contributed by atoms with Crippen molar-refractivity contribution in [2.24, 2.45) is 5.73 Å². The molecule has 1 aromatic rings. The summed E-state index contributed by atoms with van der Waals surface area (Å²) >= 11 is 0. The Labute approximate surface area is 123 Å². The Morgan fingerprint density at radius 2 is 2.38 bits per heavy atom. The molecular weight excluding hydrogens is 274 g/mol. The molecule has 21 heavy (non-hydrogen) atoms. The topological polar surface area (TPSA) is 102 Å². The molecule has 1 aliphatic heterocycles. The number of nitrogens with two attached hydrogens (primary N) is 1. The monoisotopic (exact) mass is 295 g/mol. The maximum atomic E-state index is 12.5. The van der Waals surface area contributed by atoms with Gasteiger partial charge in [0.15, 0.2) is 0 Å². The van der Waals surface area contributed by atoms with Gasteiger partial charge in [0.25, 0.3) is 5.91 Å². The lowest BCUT2D eigenvalue weighted by atomic mass is 10.2. The van der Waals surface area contributed by atoms with Gasteiger partial charge in [0.1, 0.15) is 11.7 Å². The molecule has 0 saturated carbocycles. The number of carbonyl (C=O) groups is 2. The first-order valence-electron chi connectivity index (χ1n) is 7.05. The van der Waals surface area contributed by atoms with E-state index in [9.17, 15) is 9.59 Å². The van der Waals surface area contributed by atoms with E-state index in [1.165, 1.54) is 4.90 Å². The summed E-state index contributed by atoms with van der Waals surface area (Å²) in [6, 6.07) is -0.606. The summed E-state index contributed by atoms with van der Waals surface area (Å²) < 4.78 is 7.07. The van der Waals surface area contributed by atoms with Crippen LogP contribution in [0.25, 0.3) is 0 Å². The van der Waals surface area contributed by atoms with Crippen molar-refractivity contribution in [3.8, 4) is 0 Å². The number of aromatic nitrogens is 2. The van der Waals surface area contributed by atoms with Gasteiger partial charge in [-0.25, -0.2) is 4.98 Å². The number of carbonyl (C=O) groups excluding carboxylic acids is 2. The van der Waals surface area contributed by atoms with Crippen molar-refractivity contribution < 1.29 is 14.3 Å². The minimum Gasteiger partial charge on any atom is -0.377 e. The van der Waals surface area contributed by atoms with Crippen LogP contribution in [0.1, 0.15) is 17.4 Å². The SMILES string of the molecule is CCNC(=O)C1COCCN1C(=O)c1cn(CCN)cn1. The maximum absolute atomic E-state index is 12.5. The zero-order valence-electron chi connectivity index (χ0n) is 12.1. The highest BCUT2D eigenvalue weighted by atomic mass is 16.5. The molecule has 8 nitrogen and oxygen atoms in total. The molecule has 0 spiro atoms. The number of nitrogens with one attached hydrogen (secondary N) is 1. The zero-order valence-corrected chi connectivity index (χ0v) is 12.1. The average molecular weight is 295 g/mol. The highest BCUT2D eigenvalue weighted by Crippen LogP contribution is 2.12. The highest BCUT2D eigenvalue weighted by Gasteiger charge is 2.33. The van der Waals surface area contributed by atoms with Gasteiger partial charge in [-0.3, -0.25) is 9.59 Å². The number of ether oxygens (including phenoxy) is 1. The molecule has 1 fully saturated rings. The molecule has 1 aliphatic rings. The fourth-order valence-corrected chi connectivity index (χ4v) is 2.25. The standard InChI is InChI=1S/C13H21N5O3/c1-2-15-12(19)11-8-21-6-5-18(11)13(20)10-7-17(4-3-14)9-16-10/h7,9,11H,2-6,8,14H2,1H3,(H,15,19). The number of likely N-dealkylation sites (N-methyl/N-ethyl adjacent to an activating group) is 1. The van der Waals surface area contributed by atoms with Crippen LogP contribution in [0.2, 0.25) is 0 Å². The Morgan fingerprint density at radius 1 is 1.57 bits per heavy atom. The van der Waals surface area contributed by atoms with Crippen LogP contribution in [0.15, 0.2) is 12.5 Å². The molecule has 1 saturated heterocycles. The molecule has 2 amide bonds. The molecule has 116 valence electrons. The van der Waals surface area contributed by atoms with E-state index in [1.54, 1.807) is 17.1 Å². The van der Waals surface area contributed by atoms with Crippen molar-refractivity contribution in [3.63, 3.8) is 0 Å². The summed E-state index contributed by atoms with van der Waals surface area (Å²) in [7, 11) is 0. The number of morpholine rings is 1. The van der Waals surface area contributed by atoms with Crippen molar-refractivity contribution >= 4 is 11.8 Å². The zero-order chi connectivity index (χ0) is 15.2. The van der Waals surface area contributed by atoms with E-state index in [4.69, 9.17) is 10.5 Å². The van der Waals surface area contributed by atoms with Gasteiger partial charge in [-0.05, 0) is 6.92 Å². The lowest BCUT2D eigenvalue weighted by molar-refractivity contribution is -0.130. The molecule has 1 atom stereocenters. The average Bonchev–Trinajstić information content (AvgIpc) is 2.96. The normalized spacial score (nSPS) is 18.6. The van der Waals surface area contributed by atoms with Gasteiger partial charge in [0, 0.05) is 32.4 Å². The summed E-state index contributed by atoms with van der Waals surface area (Å²) in [6.45, 7) is 4.44. The molecule has 2 heterocycles. The van der Waals surface area contributed by atoms with E-state index < -0.39 is 6.04 Å². The van der Waals surface area contributed by atoms with E-state index >= 15 is 0 Å². The van der Waals surface area contributed by atoms with Gasteiger partial charge in [-0.15, -0.1) is 0 Å². The first-order chi connectivity index (χ1) is 10.2. The number of imidazole rings is 1. The second-order valence-corrected chi connectivity index (χ2v) is 4.77. The molecule has 0 radical (unpaired) electrons. The van der Waals surface area contributed by atoms with E-state index in [0.29, 0.717) is 38.5 Å². The predicted molar refractivity (Wildman–Crippen MR) is 75.6 cm³/mol. The summed E-state index contributed by atoms with van der Waals surface area (Å²) in [5.41, 5.74) is 5.79. The Bertz CT molecular complexity index is 502. The lowest BCUT2D eigenvalue weighted by Gasteiger charge is -2.34. The van der Waals surface area contributed by atoms with Gasteiger partial charge in [0.05, 0.1) is 19.5 Å². The quantitative estimate of drug-likeness (QED) is 0.712. The van der Waals surface area contributed by atoms with E-state index in [0.717, 1.165) is 0 Å². The van der Waals surface area contributed by atoms with Crippen molar-refractivity contribution in [2.75, 3.05) is 32.8 Å². The Kier molecular flexibility index (Phi) is 5.29. The molecule has 3 N–H and O–H groups in total. The molecular formula is C13H21N5O3. The number of nitrogens with zero attached hydrogens (tertiary/aromatic N) is 3. The van der Waals surface area contributed by atoms with Gasteiger partial charge in [-0.2, -0.15) is 0 Å². The highest BCUT2D eigenvalue weighted by molar-refractivity contribution is 5.96. The van der Waals surface area contributed by atoms with Crippen molar-refractivity contribution in [1.29, 1.82) is 0 Å². The smallest absolute Gasteiger partial charge is 0.274 e. The largest absolute Gasteiger partial charge is 0.377 e. The molecule has 0 aromatic carbocycles. The Morgan fingerprint density at radius 3 is 3.10 bits per heavy atom. The van der Waals surface area contributed by atoms with Gasteiger partial charge >= 0.3 is 0 Å². The van der Waals surface area contributed by atoms with Crippen molar-refractivity contribution in [3.05, 3.63) is 18.2 Å². The molecule has 8 heteroatoms. The molecule has 2 rings (SSSR count). The van der Waals surface area contributed by atoms with Crippen LogP contribution in [-0.4, -0.2) is 65.2 Å². The summed E-state index contributed by atoms with van der Waals surface area (Å²) in [5, 5.41) is 2.72. The van der Waals surface area contributed by atoms with Gasteiger partial charge in [-0.1, -0.05) is 0 Å². The minimum atomic E-state index is -0.606. The summed E-state index contributed by atoms with van der Waals surface area (Å²) in [6.07, 6.45) is 3.22. The van der Waals surface area contributed by atoms with E-state index in [-0.39, 0.29) is 18.4 Å². The molecule has 0 bridgehead atoms. The number of amides is 2.